The fraction of sp³-hybridized carbons (Fsp3) is 0.444. The minimum Gasteiger partial charge on any atom is -0.469 e. The number of nitrogens with zero attached hydrogens (tertiary/aromatic N) is 2. The lowest BCUT2D eigenvalue weighted by Gasteiger charge is -2.50. The number of H-pyrrole nitrogens is 1. The Balaban J connectivity index is 1.85. The first-order valence-corrected chi connectivity index (χ1v) is 15.5. The zero-order chi connectivity index (χ0) is 32.7. The van der Waals surface area contributed by atoms with Crippen LogP contribution >= 0.6 is 0 Å². The number of ether oxygens (including phenoxy) is 2. The fourth-order valence-corrected chi connectivity index (χ4v) is 7.92. The van der Waals surface area contributed by atoms with Gasteiger partial charge in [0.25, 0.3) is 0 Å². The third-order valence-electron chi connectivity index (χ3n) is 10.2. The summed E-state index contributed by atoms with van der Waals surface area (Å²) in [6.45, 7) is 14.2. The van der Waals surface area contributed by atoms with Crippen LogP contribution in [0.25, 0.3) is 12.2 Å². The van der Waals surface area contributed by atoms with Gasteiger partial charge < -0.3 is 19.6 Å². The summed E-state index contributed by atoms with van der Waals surface area (Å²) in [6.07, 6.45) is 11.9. The highest BCUT2D eigenvalue weighted by atomic mass is 16.5. The normalized spacial score (nSPS) is 32.1. The number of carbonyl (C=O) groups excluding carboxylic acids is 2. The van der Waals surface area contributed by atoms with Gasteiger partial charge >= 0.3 is 11.9 Å². The third-order valence-corrected chi connectivity index (χ3v) is 10.2. The molecule has 5 heterocycles. The molecule has 4 aliphatic rings. The lowest BCUT2D eigenvalue weighted by molar-refractivity contribution is -0.142. The summed E-state index contributed by atoms with van der Waals surface area (Å²) in [4.78, 5) is 39.0. The first kappa shape index (κ1) is 32.3. The van der Waals surface area contributed by atoms with E-state index in [1.807, 2.05) is 56.4 Å². The number of carbonyl (C=O) groups is 2. The standard InChI is InChI=1S/C36H44N4O5/c1-9-29-22(3)36(24(5)41)23(4)35(17-16-33(43)45-8)30(14-15-32(42)44-7)21(2)31(39-35)19-27-11-10-25(37-27)18-26-12-13-28(38-26)20-34(29,6)40-36/h9-13,18-20,23-24,37,40-41H,1,14-17H2,2-8H3/b25-18-,27-19-,28-20-. The maximum absolute atomic E-state index is 12.7. The summed E-state index contributed by atoms with van der Waals surface area (Å²) in [6, 6.07) is 3.99. The van der Waals surface area contributed by atoms with Crippen molar-refractivity contribution in [2.75, 3.05) is 14.2 Å². The molecule has 3 N–H and O–H groups in total. The number of methoxy groups -OCH3 is 2. The van der Waals surface area contributed by atoms with Crippen LogP contribution in [-0.4, -0.2) is 70.4 Å². The van der Waals surface area contributed by atoms with Gasteiger partial charge in [0, 0.05) is 29.5 Å². The smallest absolute Gasteiger partial charge is 0.305 e. The number of aliphatic hydroxyl groups excluding tert-OH is 1. The average Bonchev–Trinajstić information content (AvgIpc) is 3.75. The summed E-state index contributed by atoms with van der Waals surface area (Å²) in [5.41, 5.74) is 3.38. The van der Waals surface area contributed by atoms with E-state index >= 15 is 0 Å². The number of esters is 2. The average molecular weight is 613 g/mol. The van der Waals surface area contributed by atoms with Crippen LogP contribution < -0.4 is 16.0 Å². The van der Waals surface area contributed by atoms with E-state index in [4.69, 9.17) is 19.5 Å². The zero-order valence-electron chi connectivity index (χ0n) is 27.3. The van der Waals surface area contributed by atoms with E-state index in [0.717, 1.165) is 50.1 Å². The van der Waals surface area contributed by atoms with Crippen LogP contribution in [0.1, 0.15) is 60.3 Å². The van der Waals surface area contributed by atoms with Crippen LogP contribution in [0, 0.1) is 5.92 Å². The molecule has 0 aromatic carbocycles. The van der Waals surface area contributed by atoms with Gasteiger partial charge in [-0.3, -0.25) is 19.9 Å². The molecule has 45 heavy (non-hydrogen) atoms. The number of rotatable bonds is 8. The van der Waals surface area contributed by atoms with Gasteiger partial charge in [-0.25, -0.2) is 4.99 Å². The molecule has 1 aromatic heterocycles. The molecule has 4 aliphatic heterocycles. The highest BCUT2D eigenvalue weighted by Gasteiger charge is 2.60. The Labute approximate surface area is 264 Å². The van der Waals surface area contributed by atoms with E-state index in [1.54, 1.807) is 6.92 Å². The fourth-order valence-electron chi connectivity index (χ4n) is 7.92. The van der Waals surface area contributed by atoms with E-state index < -0.39 is 28.6 Å². The van der Waals surface area contributed by atoms with Gasteiger partial charge in [-0.1, -0.05) is 19.6 Å². The maximum Gasteiger partial charge on any atom is 0.305 e. The molecule has 9 heteroatoms. The lowest BCUT2D eigenvalue weighted by atomic mass is 9.62. The maximum atomic E-state index is 12.7. The number of aromatic nitrogens is 1. The second-order valence-corrected chi connectivity index (χ2v) is 12.6. The van der Waals surface area contributed by atoms with Gasteiger partial charge in [0.2, 0.25) is 0 Å². The van der Waals surface area contributed by atoms with E-state index in [1.165, 1.54) is 14.2 Å². The highest BCUT2D eigenvalue weighted by molar-refractivity contribution is 6.22. The van der Waals surface area contributed by atoms with Crippen molar-refractivity contribution in [3.05, 3.63) is 81.7 Å². The van der Waals surface area contributed by atoms with E-state index in [2.05, 4.69) is 36.8 Å². The second kappa shape index (κ2) is 12.0. The minimum atomic E-state index is -1.00. The predicted octanol–water partition coefficient (Wildman–Crippen LogP) is 3.52. The topological polar surface area (TPSA) is 125 Å². The van der Waals surface area contributed by atoms with Crippen LogP contribution in [-0.2, 0) is 19.1 Å². The molecule has 0 spiro atoms. The molecular weight excluding hydrogens is 568 g/mol. The molecular formula is C36H44N4O5. The Bertz CT molecular complexity index is 1750. The largest absolute Gasteiger partial charge is 0.469 e. The first-order valence-electron chi connectivity index (χ1n) is 15.5. The highest BCUT2D eigenvalue weighted by Crippen LogP contribution is 2.54. The van der Waals surface area contributed by atoms with Crippen molar-refractivity contribution in [3.8, 4) is 0 Å². The Kier molecular flexibility index (Phi) is 8.63. The Morgan fingerprint density at radius 3 is 2.42 bits per heavy atom. The van der Waals surface area contributed by atoms with Gasteiger partial charge in [0.1, 0.15) is 0 Å². The van der Waals surface area contributed by atoms with Gasteiger partial charge in [0.15, 0.2) is 0 Å². The molecule has 238 valence electrons. The van der Waals surface area contributed by atoms with Crippen molar-refractivity contribution in [2.24, 2.45) is 15.9 Å². The SMILES string of the molecule is C=CC1=C(C)C2(C(C)O)NC1(C)/C=C1/C=CC(=N1)/C=c1/cc/c([nH]1)=C/C1=NC(CCC(=O)OC)(C(CCC(=O)OC)=C1C)C2C. The summed E-state index contributed by atoms with van der Waals surface area (Å²) in [5.74, 6) is -1.09. The second-order valence-electron chi connectivity index (χ2n) is 12.6. The monoisotopic (exact) mass is 612 g/mol. The van der Waals surface area contributed by atoms with E-state index in [0.29, 0.717) is 12.8 Å². The predicted molar refractivity (Wildman–Crippen MR) is 177 cm³/mol. The van der Waals surface area contributed by atoms with Gasteiger partial charge in [-0.2, -0.15) is 0 Å². The Morgan fingerprint density at radius 1 is 1.11 bits per heavy atom. The van der Waals surface area contributed by atoms with Crippen LogP contribution in [0.2, 0.25) is 0 Å². The molecule has 8 bridgehead atoms. The van der Waals surface area contributed by atoms with Gasteiger partial charge in [-0.15, -0.1) is 0 Å². The zero-order valence-corrected chi connectivity index (χ0v) is 27.3. The molecule has 0 saturated carbocycles. The summed E-state index contributed by atoms with van der Waals surface area (Å²) in [5, 5.41) is 17.5. The summed E-state index contributed by atoms with van der Waals surface area (Å²) >= 11 is 0. The Hall–Kier alpha value is -4.08. The van der Waals surface area contributed by atoms with Crippen molar-refractivity contribution < 1.29 is 24.2 Å². The molecule has 9 nitrogen and oxygen atoms in total. The van der Waals surface area contributed by atoms with Crippen LogP contribution in [0.15, 0.2) is 81.0 Å². The number of aromatic amines is 1. The van der Waals surface area contributed by atoms with E-state index in [9.17, 15) is 14.7 Å². The molecule has 0 saturated heterocycles. The van der Waals surface area contributed by atoms with Crippen molar-refractivity contribution in [2.45, 2.75) is 83.0 Å². The van der Waals surface area contributed by atoms with E-state index in [-0.39, 0.29) is 24.8 Å². The number of hydrogen-bond acceptors (Lipinski definition) is 8. The summed E-state index contributed by atoms with van der Waals surface area (Å²) in [7, 11) is 2.76. The summed E-state index contributed by atoms with van der Waals surface area (Å²) < 4.78 is 10.1. The molecule has 0 fully saturated rings. The number of fused-ring (bicyclic) bond motifs is 6. The first-order chi connectivity index (χ1) is 21.3. The molecule has 0 aliphatic carbocycles. The third kappa shape index (κ3) is 5.42. The quantitative estimate of drug-likeness (QED) is 0.386. The van der Waals surface area contributed by atoms with Crippen molar-refractivity contribution in [1.29, 1.82) is 0 Å². The molecule has 5 unspecified atom stereocenters. The van der Waals surface area contributed by atoms with Crippen LogP contribution in [0.3, 0.4) is 0 Å². The van der Waals surface area contributed by atoms with Crippen molar-refractivity contribution in [3.63, 3.8) is 0 Å². The lowest BCUT2D eigenvalue weighted by Crippen LogP contribution is -2.65. The number of hydrogen-bond donors (Lipinski definition) is 3. The molecule has 5 atom stereocenters. The van der Waals surface area contributed by atoms with Crippen LogP contribution in [0.4, 0.5) is 0 Å². The van der Waals surface area contributed by atoms with Crippen LogP contribution in [0.5, 0.6) is 0 Å². The molecule has 1 aromatic rings. The molecule has 0 radical (unpaired) electrons. The Morgan fingerprint density at radius 2 is 1.78 bits per heavy atom. The number of allylic oxidation sites excluding steroid dienone is 3. The van der Waals surface area contributed by atoms with Crippen molar-refractivity contribution >= 4 is 35.5 Å². The minimum absolute atomic E-state index is 0.102. The van der Waals surface area contributed by atoms with Crippen molar-refractivity contribution in [1.82, 2.24) is 10.3 Å². The number of aliphatic imine (C=N–C) groups is 2. The number of aliphatic hydroxyl groups is 1. The number of nitrogens with one attached hydrogen (secondary N) is 2. The van der Waals surface area contributed by atoms with Gasteiger partial charge in [0.05, 0.1) is 54.1 Å². The molecule has 5 rings (SSSR count). The molecule has 0 amide bonds. The van der Waals surface area contributed by atoms with Gasteiger partial charge in [-0.05, 0) is 105 Å².